The molecule has 4 aromatic rings. The maximum Gasteiger partial charge on any atom is 0.159 e. The number of nitrogens with zero attached hydrogens (tertiary/aromatic N) is 4. The maximum atomic E-state index is 4.39. The predicted octanol–water partition coefficient (Wildman–Crippen LogP) is 3.60. The van der Waals surface area contributed by atoms with Gasteiger partial charge in [0.05, 0.1) is 11.7 Å². The predicted molar refractivity (Wildman–Crippen MR) is 102 cm³/mol. The second-order valence-corrected chi connectivity index (χ2v) is 6.95. The monoisotopic (exact) mass is 341 g/mol. The number of hydrogen-bond acceptors (Lipinski definition) is 4. The largest absolute Gasteiger partial charge is 0.301 e. The zero-order chi connectivity index (χ0) is 17.5. The van der Waals surface area contributed by atoms with Gasteiger partial charge >= 0.3 is 0 Å². The Labute approximate surface area is 151 Å². The Morgan fingerprint density at radius 3 is 2.85 bits per heavy atom. The third-order valence-corrected chi connectivity index (χ3v) is 5.15. The van der Waals surface area contributed by atoms with Crippen molar-refractivity contribution in [1.29, 1.82) is 0 Å². The Morgan fingerprint density at radius 2 is 1.96 bits per heavy atom. The van der Waals surface area contributed by atoms with Gasteiger partial charge in [-0.25, -0.2) is 9.97 Å². The smallest absolute Gasteiger partial charge is 0.159 e. The van der Waals surface area contributed by atoms with Crippen molar-refractivity contribution in [1.82, 2.24) is 25.1 Å². The van der Waals surface area contributed by atoms with E-state index in [1.54, 1.807) is 12.4 Å². The van der Waals surface area contributed by atoms with Crippen LogP contribution >= 0.6 is 0 Å². The Bertz CT molecular complexity index is 1070. The molecule has 0 aliphatic carbocycles. The van der Waals surface area contributed by atoms with E-state index < -0.39 is 0 Å². The molecular weight excluding hydrogens is 322 g/mol. The number of H-pyrrole nitrogens is 1. The van der Waals surface area contributed by atoms with Crippen LogP contribution in [0.3, 0.4) is 0 Å². The summed E-state index contributed by atoms with van der Waals surface area (Å²) < 4.78 is 0. The third kappa shape index (κ3) is 2.57. The molecule has 128 valence electrons. The summed E-state index contributed by atoms with van der Waals surface area (Å²) in [6.45, 7) is 1.95. The summed E-state index contributed by atoms with van der Waals surface area (Å²) in [7, 11) is 2.18. The van der Waals surface area contributed by atoms with Gasteiger partial charge in [0.2, 0.25) is 0 Å². The van der Waals surface area contributed by atoms with E-state index in [1.807, 2.05) is 12.3 Å². The van der Waals surface area contributed by atoms with Crippen molar-refractivity contribution in [2.45, 2.75) is 12.5 Å². The highest BCUT2D eigenvalue weighted by Crippen LogP contribution is 2.35. The van der Waals surface area contributed by atoms with Crippen LogP contribution in [0, 0.1) is 0 Å². The number of nitrogens with one attached hydrogen (secondary N) is 1. The molecule has 5 nitrogen and oxygen atoms in total. The van der Waals surface area contributed by atoms with E-state index in [-0.39, 0.29) is 0 Å². The number of rotatable bonds is 2. The number of likely N-dealkylation sites (N-methyl/N-ethyl adjacent to an activating group) is 1. The molecule has 2 aromatic carbocycles. The fourth-order valence-corrected chi connectivity index (χ4v) is 3.89. The van der Waals surface area contributed by atoms with Gasteiger partial charge in [0.1, 0.15) is 0 Å². The van der Waals surface area contributed by atoms with E-state index >= 15 is 0 Å². The Balaban J connectivity index is 1.59. The molecule has 0 saturated carbocycles. The summed E-state index contributed by atoms with van der Waals surface area (Å²) in [6, 6.07) is 15.1. The lowest BCUT2D eigenvalue weighted by Gasteiger charge is -2.33. The molecule has 3 heterocycles. The van der Waals surface area contributed by atoms with Gasteiger partial charge in [-0.1, -0.05) is 24.3 Å². The van der Waals surface area contributed by atoms with Gasteiger partial charge in [-0.2, -0.15) is 5.10 Å². The Morgan fingerprint density at radius 1 is 1.08 bits per heavy atom. The molecule has 0 amide bonds. The molecule has 0 fully saturated rings. The molecule has 1 aliphatic rings. The minimum Gasteiger partial charge on any atom is -0.301 e. The van der Waals surface area contributed by atoms with Gasteiger partial charge in [0, 0.05) is 42.4 Å². The highest BCUT2D eigenvalue weighted by molar-refractivity contribution is 5.78. The van der Waals surface area contributed by atoms with Crippen molar-refractivity contribution in [3.05, 3.63) is 77.7 Å². The van der Waals surface area contributed by atoms with Crippen molar-refractivity contribution >= 4 is 10.9 Å². The van der Waals surface area contributed by atoms with E-state index in [9.17, 15) is 0 Å². The molecule has 0 bridgehead atoms. The van der Waals surface area contributed by atoms with E-state index in [4.69, 9.17) is 0 Å². The van der Waals surface area contributed by atoms with Crippen LogP contribution in [-0.4, -0.2) is 38.7 Å². The van der Waals surface area contributed by atoms with E-state index in [2.05, 4.69) is 68.5 Å². The van der Waals surface area contributed by atoms with Crippen LogP contribution in [0.1, 0.15) is 22.6 Å². The number of fused-ring (bicyclic) bond motifs is 2. The summed E-state index contributed by atoms with van der Waals surface area (Å²) in [5.41, 5.74) is 6.22. The molecular formula is C21H19N5. The molecule has 1 N–H and O–H groups in total. The first kappa shape index (κ1) is 15.2. The van der Waals surface area contributed by atoms with Gasteiger partial charge in [0.25, 0.3) is 0 Å². The number of aromatic nitrogens is 4. The van der Waals surface area contributed by atoms with Crippen molar-refractivity contribution in [3.63, 3.8) is 0 Å². The Hall–Kier alpha value is -3.05. The summed E-state index contributed by atoms with van der Waals surface area (Å²) in [4.78, 5) is 11.1. The van der Waals surface area contributed by atoms with Crippen LogP contribution < -0.4 is 0 Å². The highest BCUT2D eigenvalue weighted by Gasteiger charge is 2.25. The highest BCUT2D eigenvalue weighted by atomic mass is 15.1. The first-order chi connectivity index (χ1) is 12.8. The minimum absolute atomic E-state index is 0.349. The molecule has 1 aliphatic heterocycles. The fraction of sp³-hybridized carbons (Fsp3) is 0.190. The second kappa shape index (κ2) is 6.04. The fourth-order valence-electron chi connectivity index (χ4n) is 3.89. The van der Waals surface area contributed by atoms with Crippen LogP contribution in [0.25, 0.3) is 22.3 Å². The first-order valence-corrected chi connectivity index (χ1v) is 8.80. The van der Waals surface area contributed by atoms with E-state index in [0.717, 1.165) is 35.4 Å². The molecule has 0 spiro atoms. The van der Waals surface area contributed by atoms with Gasteiger partial charge in [0.15, 0.2) is 5.82 Å². The summed E-state index contributed by atoms with van der Waals surface area (Å²) in [6.07, 6.45) is 5.44. The molecule has 5 heteroatoms. The molecule has 2 aromatic heterocycles. The van der Waals surface area contributed by atoms with E-state index in [0.29, 0.717) is 5.92 Å². The van der Waals surface area contributed by atoms with E-state index in [1.165, 1.54) is 16.7 Å². The number of aromatic amines is 1. The molecule has 1 unspecified atom stereocenters. The van der Waals surface area contributed by atoms with Crippen molar-refractivity contribution in [2.24, 2.45) is 0 Å². The summed E-state index contributed by atoms with van der Waals surface area (Å²) >= 11 is 0. The zero-order valence-corrected chi connectivity index (χ0v) is 14.6. The third-order valence-electron chi connectivity index (χ3n) is 5.15. The van der Waals surface area contributed by atoms with Crippen LogP contribution in [0.2, 0.25) is 0 Å². The SMILES string of the molecule is CN1Cc2cc(-c3ncccn3)ccc2C(c2ccc3cn[nH]c3c2)C1. The molecule has 0 radical (unpaired) electrons. The standard InChI is InChI=1S/C21H19N5/c1-26-12-17-9-15(21-22-7-2-8-23-21)5-6-18(17)19(13-26)14-3-4-16-11-24-25-20(16)10-14/h2-11,19H,12-13H2,1H3,(H,24,25). The van der Waals surface area contributed by atoms with Gasteiger partial charge < -0.3 is 4.90 Å². The molecule has 1 atom stereocenters. The van der Waals surface area contributed by atoms with Gasteiger partial charge in [-0.15, -0.1) is 0 Å². The van der Waals surface area contributed by atoms with Crippen molar-refractivity contribution in [3.8, 4) is 11.4 Å². The lowest BCUT2D eigenvalue weighted by molar-refractivity contribution is 0.295. The van der Waals surface area contributed by atoms with Crippen molar-refractivity contribution in [2.75, 3.05) is 13.6 Å². The number of benzene rings is 2. The van der Waals surface area contributed by atoms with Crippen LogP contribution in [0.4, 0.5) is 0 Å². The van der Waals surface area contributed by atoms with Crippen LogP contribution in [0.5, 0.6) is 0 Å². The summed E-state index contributed by atoms with van der Waals surface area (Å²) in [5.74, 6) is 1.13. The first-order valence-electron chi connectivity index (χ1n) is 8.80. The maximum absolute atomic E-state index is 4.39. The molecule has 5 rings (SSSR count). The minimum atomic E-state index is 0.349. The van der Waals surface area contributed by atoms with Crippen LogP contribution in [-0.2, 0) is 6.54 Å². The lowest BCUT2D eigenvalue weighted by atomic mass is 9.84. The molecule has 26 heavy (non-hydrogen) atoms. The molecule has 0 saturated heterocycles. The average Bonchev–Trinajstić information content (AvgIpc) is 3.15. The van der Waals surface area contributed by atoms with Crippen LogP contribution in [0.15, 0.2) is 61.1 Å². The van der Waals surface area contributed by atoms with Crippen molar-refractivity contribution < 1.29 is 0 Å². The lowest BCUT2D eigenvalue weighted by Crippen LogP contribution is -2.31. The zero-order valence-electron chi connectivity index (χ0n) is 14.6. The normalized spacial score (nSPS) is 17.3. The second-order valence-electron chi connectivity index (χ2n) is 6.95. The number of hydrogen-bond donors (Lipinski definition) is 1. The topological polar surface area (TPSA) is 57.7 Å². The van der Waals surface area contributed by atoms with Gasteiger partial charge in [-0.3, -0.25) is 5.10 Å². The Kier molecular flexibility index (Phi) is 3.53. The summed E-state index contributed by atoms with van der Waals surface area (Å²) in [5, 5.41) is 8.38. The average molecular weight is 341 g/mol. The van der Waals surface area contributed by atoms with Gasteiger partial charge in [-0.05, 0) is 41.9 Å². The quantitative estimate of drug-likeness (QED) is 0.605.